The Morgan fingerprint density at radius 1 is 0.915 bits per heavy atom. The van der Waals surface area contributed by atoms with Crippen LogP contribution in [0.25, 0.3) is 0 Å². The van der Waals surface area contributed by atoms with Crippen LogP contribution in [0, 0.1) is 35.2 Å². The van der Waals surface area contributed by atoms with Gasteiger partial charge in [-0.2, -0.15) is 0 Å². The van der Waals surface area contributed by atoms with Gasteiger partial charge in [-0.1, -0.05) is 12.1 Å². The summed E-state index contributed by atoms with van der Waals surface area (Å²) in [5.41, 5.74) is 4.91. The lowest BCUT2D eigenvalue weighted by Crippen LogP contribution is -2.54. The average Bonchev–Trinajstić information content (AvgIpc) is 3.59. The smallest absolute Gasteiger partial charge is 0.416 e. The van der Waals surface area contributed by atoms with Crippen molar-refractivity contribution in [2.45, 2.75) is 43.8 Å². The monoisotopic (exact) mass is 868 g/mol. The molecule has 316 valence electrons. The van der Waals surface area contributed by atoms with Gasteiger partial charge in [0.1, 0.15) is 35.2 Å². The first-order chi connectivity index (χ1) is 27.5. The number of nitrogens with two attached hydrogens (primary N) is 1. The standard InChI is InChI=1S/C35H37F3N6O13P2/c1-15(39)32(46)41-33(47)16(2)44(35(50)57-19-6-3-17(4-7-19)9-27(58(51,52)53)59(54,55)56)28-21-12-42(13-22(21)28)31-25(38)11-20-29(45)23(34(48)49)14-43(30(20)40-31)26-8-5-18(36)10-24(26)37/h3-8,10-11,15-16,21-23,27-28H,9,12-14,39H2,1-2H3,(H,48,49)(H,41,46,47)(H2,51,52,53)(H2,54,55,56)/t15-,16-,21-,22+,23?,28?/m0/s1. The molecule has 6 rings (SSSR count). The fraction of sp³-hybridized carbons (Fsp3) is 0.371. The van der Waals surface area contributed by atoms with Crippen LogP contribution < -0.4 is 25.6 Å². The maximum atomic E-state index is 15.8. The number of rotatable bonds is 12. The molecule has 3 amide bonds. The number of hydrogen-bond acceptors (Lipinski definition) is 12. The number of halogens is 3. The van der Waals surface area contributed by atoms with E-state index in [1.807, 2.05) is 0 Å². The van der Waals surface area contributed by atoms with Crippen LogP contribution >= 0.6 is 15.2 Å². The van der Waals surface area contributed by atoms with Gasteiger partial charge in [0.25, 0.3) is 0 Å². The van der Waals surface area contributed by atoms with E-state index in [1.165, 1.54) is 43.0 Å². The van der Waals surface area contributed by atoms with E-state index in [-0.39, 0.29) is 41.7 Å². The lowest BCUT2D eigenvalue weighted by molar-refractivity contribution is -0.139. The predicted octanol–water partition coefficient (Wildman–Crippen LogP) is 2.07. The van der Waals surface area contributed by atoms with Crippen LogP contribution in [0.3, 0.4) is 0 Å². The van der Waals surface area contributed by atoms with E-state index in [9.17, 15) is 62.2 Å². The van der Waals surface area contributed by atoms with Crippen LogP contribution in [0.15, 0.2) is 48.5 Å². The van der Waals surface area contributed by atoms with Gasteiger partial charge in [-0.3, -0.25) is 38.5 Å². The van der Waals surface area contributed by atoms with Crippen molar-refractivity contribution in [3.63, 3.8) is 0 Å². The van der Waals surface area contributed by atoms with Gasteiger partial charge in [0.15, 0.2) is 22.8 Å². The molecule has 0 bridgehead atoms. The summed E-state index contributed by atoms with van der Waals surface area (Å²) in [6.45, 7) is 2.08. The minimum atomic E-state index is -5.23. The summed E-state index contributed by atoms with van der Waals surface area (Å²) in [6.07, 6.45) is -1.80. The number of anilines is 3. The number of piperidine rings is 1. The molecular formula is C35H37F3N6O13P2. The summed E-state index contributed by atoms with van der Waals surface area (Å²) in [4.78, 5) is 110. The van der Waals surface area contributed by atoms with Gasteiger partial charge in [0, 0.05) is 43.6 Å². The van der Waals surface area contributed by atoms with Gasteiger partial charge in [-0.15, -0.1) is 0 Å². The van der Waals surface area contributed by atoms with Gasteiger partial charge in [-0.25, -0.2) is 22.9 Å². The normalized spacial score (nSPS) is 21.0. The molecule has 1 aliphatic carbocycles. The van der Waals surface area contributed by atoms with E-state index in [1.54, 1.807) is 0 Å². The molecule has 24 heteroatoms. The Morgan fingerprint density at radius 2 is 1.53 bits per heavy atom. The van der Waals surface area contributed by atoms with E-state index in [0.29, 0.717) is 6.07 Å². The van der Waals surface area contributed by atoms with Gasteiger partial charge in [-0.05, 0) is 56.2 Å². The number of imide groups is 1. The van der Waals surface area contributed by atoms with E-state index < -0.39 is 122 Å². The molecule has 2 fully saturated rings. The molecule has 3 heterocycles. The predicted molar refractivity (Wildman–Crippen MR) is 198 cm³/mol. The van der Waals surface area contributed by atoms with Crippen molar-refractivity contribution in [2.75, 3.05) is 29.4 Å². The molecule has 19 nitrogen and oxygen atoms in total. The Bertz CT molecular complexity index is 2290. The quantitative estimate of drug-likeness (QED) is 0.101. The van der Waals surface area contributed by atoms with Crippen LogP contribution in [0.5, 0.6) is 5.75 Å². The average molecular weight is 869 g/mol. The number of carboxylic acids is 1. The summed E-state index contributed by atoms with van der Waals surface area (Å²) < 4.78 is 73.6. The fourth-order valence-corrected chi connectivity index (χ4v) is 9.76. The number of ketones is 1. The van der Waals surface area contributed by atoms with Crippen LogP contribution in [0.1, 0.15) is 29.8 Å². The van der Waals surface area contributed by atoms with Gasteiger partial charge >= 0.3 is 27.3 Å². The minimum absolute atomic E-state index is 0.0144. The number of benzene rings is 2. The fourth-order valence-electron chi connectivity index (χ4n) is 7.30. The zero-order valence-corrected chi connectivity index (χ0v) is 32.7. The number of aliphatic carboxylic acids is 1. The third-order valence-corrected chi connectivity index (χ3v) is 14.1. The molecule has 1 saturated carbocycles. The number of nitrogens with zero attached hydrogens (tertiary/aromatic N) is 4. The first-order valence-electron chi connectivity index (χ1n) is 17.7. The maximum Gasteiger partial charge on any atom is 0.416 e. The second kappa shape index (κ2) is 16.1. The maximum absolute atomic E-state index is 15.8. The summed E-state index contributed by atoms with van der Waals surface area (Å²) in [5.74, 6) is -10.7. The number of nitrogens with one attached hydrogen (secondary N) is 1. The molecule has 8 N–H and O–H groups in total. The van der Waals surface area contributed by atoms with Crippen LogP contribution in [0.4, 0.5) is 35.3 Å². The molecule has 0 spiro atoms. The Kier molecular flexibility index (Phi) is 11.8. The number of aromatic nitrogens is 1. The molecule has 1 saturated heterocycles. The van der Waals surface area contributed by atoms with Gasteiger partial charge in [0.05, 0.1) is 17.3 Å². The van der Waals surface area contributed by atoms with Crippen molar-refractivity contribution in [2.24, 2.45) is 23.5 Å². The lowest BCUT2D eigenvalue weighted by Gasteiger charge is -2.34. The molecule has 59 heavy (non-hydrogen) atoms. The number of carbonyl (C=O) groups excluding carboxylic acids is 4. The molecule has 3 aromatic rings. The van der Waals surface area contributed by atoms with Gasteiger partial charge < -0.3 is 45.0 Å². The number of ether oxygens (including phenoxy) is 1. The molecular weight excluding hydrogens is 831 g/mol. The topological polar surface area (TPSA) is 291 Å². The second-order valence-electron chi connectivity index (χ2n) is 14.4. The van der Waals surface area contributed by atoms with Crippen molar-refractivity contribution < 1.29 is 75.7 Å². The SMILES string of the molecule is C[C@H](N)C(=O)NC(=O)[C@H](C)N(C(=O)Oc1ccc(CC(P(=O)(O)O)P(=O)(O)O)cc1)C1[C@H]2CN(c3nc4c(cc3F)C(=O)C(C(=O)O)CN4c3ccc(F)cc3F)C[C@@H]12. The molecule has 0 radical (unpaired) electrons. The van der Waals surface area contributed by atoms with Crippen LogP contribution in [0.2, 0.25) is 0 Å². The molecule has 2 unspecified atom stereocenters. The van der Waals surface area contributed by atoms with Crippen LogP contribution in [-0.4, -0.2) is 107 Å². The number of carboxylic acid groups (broad SMARTS) is 1. The minimum Gasteiger partial charge on any atom is -0.481 e. The zero-order valence-electron chi connectivity index (χ0n) is 30.9. The van der Waals surface area contributed by atoms with Crippen molar-refractivity contribution in [3.05, 3.63) is 77.1 Å². The molecule has 2 aliphatic heterocycles. The Labute approximate surface area is 332 Å². The lowest BCUT2D eigenvalue weighted by atomic mass is 9.92. The van der Waals surface area contributed by atoms with Crippen molar-refractivity contribution in [1.29, 1.82) is 0 Å². The van der Waals surface area contributed by atoms with E-state index in [2.05, 4.69) is 10.3 Å². The third kappa shape index (κ3) is 8.89. The number of carbonyl (C=O) groups is 5. The van der Waals surface area contributed by atoms with E-state index >= 15 is 8.78 Å². The number of pyridine rings is 1. The van der Waals surface area contributed by atoms with Gasteiger partial charge in [0.2, 0.25) is 11.8 Å². The first-order valence-corrected chi connectivity index (χ1v) is 21.1. The summed E-state index contributed by atoms with van der Waals surface area (Å²) in [6, 6.07) is 4.93. The number of amides is 3. The molecule has 6 atom stereocenters. The first kappa shape index (κ1) is 43.4. The molecule has 3 aliphatic rings. The highest BCUT2D eigenvalue weighted by molar-refractivity contribution is 7.70. The summed E-state index contributed by atoms with van der Waals surface area (Å²) in [7, 11) is -10.5. The molecule has 1 aromatic heterocycles. The highest BCUT2D eigenvalue weighted by Crippen LogP contribution is 2.61. The van der Waals surface area contributed by atoms with Crippen LogP contribution in [-0.2, 0) is 29.9 Å². The zero-order chi connectivity index (χ0) is 43.5. The van der Waals surface area contributed by atoms with Crippen molar-refractivity contribution in [3.8, 4) is 5.75 Å². The Morgan fingerprint density at radius 3 is 2.07 bits per heavy atom. The Balaban J connectivity index is 1.24. The highest BCUT2D eigenvalue weighted by Gasteiger charge is 2.62. The number of hydrogen-bond donors (Lipinski definition) is 7. The summed E-state index contributed by atoms with van der Waals surface area (Å²) in [5, 5.41) is 9.51. The largest absolute Gasteiger partial charge is 0.481 e. The van der Waals surface area contributed by atoms with E-state index in [0.717, 1.165) is 28.0 Å². The number of fused-ring (bicyclic) bond motifs is 2. The second-order valence-corrected chi connectivity index (χ2v) is 18.5. The van der Waals surface area contributed by atoms with Crippen molar-refractivity contribution in [1.82, 2.24) is 15.2 Å². The third-order valence-electron chi connectivity index (χ3n) is 10.4. The highest BCUT2D eigenvalue weighted by atomic mass is 31.2. The van der Waals surface area contributed by atoms with Crippen molar-refractivity contribution >= 4 is 62.2 Å². The number of Topliss-reactive ketones (excluding diaryl/α,β-unsaturated/α-hetero) is 1. The molecule has 2 aromatic carbocycles. The summed E-state index contributed by atoms with van der Waals surface area (Å²) >= 11 is 0. The van der Waals surface area contributed by atoms with E-state index in [4.69, 9.17) is 10.5 Å². The Hall–Kier alpha value is -5.21.